The second-order valence-electron chi connectivity index (χ2n) is 8.75. The normalized spacial score (nSPS) is 29.3. The van der Waals surface area contributed by atoms with Crippen molar-refractivity contribution >= 4 is 30.0 Å². The van der Waals surface area contributed by atoms with Crippen molar-refractivity contribution in [3.63, 3.8) is 0 Å². The van der Waals surface area contributed by atoms with Crippen molar-refractivity contribution < 1.29 is 19.0 Å². The lowest BCUT2D eigenvalue weighted by Crippen LogP contribution is -2.58. The van der Waals surface area contributed by atoms with E-state index in [0.29, 0.717) is 28.7 Å². The molecule has 4 aliphatic carbocycles. The number of esters is 1. The number of hydrogen-bond donors (Lipinski definition) is 1. The van der Waals surface area contributed by atoms with Gasteiger partial charge in [0.05, 0.1) is 18.7 Å². The molecule has 1 aromatic carbocycles. The molecule has 0 spiro atoms. The van der Waals surface area contributed by atoms with Gasteiger partial charge in [0, 0.05) is 12.1 Å². The van der Waals surface area contributed by atoms with E-state index in [2.05, 4.69) is 5.32 Å². The summed E-state index contributed by atoms with van der Waals surface area (Å²) >= 11 is 6.44. The van der Waals surface area contributed by atoms with Crippen LogP contribution in [0, 0.1) is 17.8 Å². The van der Waals surface area contributed by atoms with Crippen LogP contribution in [0.4, 0.5) is 0 Å². The van der Waals surface area contributed by atoms with E-state index in [4.69, 9.17) is 25.8 Å². The molecule has 5 nitrogen and oxygen atoms in total. The van der Waals surface area contributed by atoms with Gasteiger partial charge >= 0.3 is 5.97 Å². The molecule has 0 atom stereocenters. The van der Waals surface area contributed by atoms with Crippen molar-refractivity contribution in [3.05, 3.63) is 22.7 Å². The van der Waals surface area contributed by atoms with Crippen molar-refractivity contribution in [2.45, 2.75) is 57.5 Å². The van der Waals surface area contributed by atoms with Gasteiger partial charge in [0.15, 0.2) is 18.1 Å². The lowest BCUT2D eigenvalue weighted by atomic mass is 9.53. The molecule has 29 heavy (non-hydrogen) atoms. The molecule has 4 aliphatic rings. The van der Waals surface area contributed by atoms with Gasteiger partial charge in [0.2, 0.25) is 0 Å². The highest BCUT2D eigenvalue weighted by molar-refractivity contribution is 6.32. The van der Waals surface area contributed by atoms with E-state index in [1.54, 1.807) is 14.0 Å². The molecule has 1 aromatic rings. The van der Waals surface area contributed by atoms with Gasteiger partial charge in [-0.25, -0.2) is 4.79 Å². The molecule has 0 aliphatic heterocycles. The van der Waals surface area contributed by atoms with E-state index in [1.165, 1.54) is 38.5 Å². The first kappa shape index (κ1) is 22.5. The first-order valence-electron chi connectivity index (χ1n) is 10.4. The number of carbonyl (C=O) groups excluding carboxylic acids is 1. The second kappa shape index (κ2) is 9.32. The Kier molecular flexibility index (Phi) is 7.23. The zero-order valence-electron chi connectivity index (χ0n) is 17.2. The van der Waals surface area contributed by atoms with Crippen molar-refractivity contribution in [3.8, 4) is 11.5 Å². The maximum atomic E-state index is 11.6. The summed E-state index contributed by atoms with van der Waals surface area (Å²) in [6.07, 6.45) is 8.24. The Morgan fingerprint density at radius 3 is 2.34 bits per heavy atom. The van der Waals surface area contributed by atoms with E-state index in [0.717, 1.165) is 29.9 Å². The standard InChI is InChI=1S/C22H30ClNO4.ClH/c1-3-27-20(25)13-28-21-18(23)7-17(8-19(21)26-2)12-24-22-9-14-4-15(10-22)6-16(5-14)11-22;/h7-8,14-16,24H,3-6,9-13H2,1-2H3;1H. The summed E-state index contributed by atoms with van der Waals surface area (Å²) in [5.74, 6) is 3.24. The summed E-state index contributed by atoms with van der Waals surface area (Å²) < 4.78 is 15.9. The third-order valence-electron chi connectivity index (χ3n) is 6.63. The smallest absolute Gasteiger partial charge is 0.344 e. The van der Waals surface area contributed by atoms with Gasteiger partial charge in [-0.15, -0.1) is 12.4 Å². The van der Waals surface area contributed by atoms with E-state index in [1.807, 2.05) is 12.1 Å². The fourth-order valence-corrected chi connectivity index (χ4v) is 6.25. The van der Waals surface area contributed by atoms with Gasteiger partial charge in [0.1, 0.15) is 0 Å². The van der Waals surface area contributed by atoms with E-state index >= 15 is 0 Å². The number of halogens is 2. The molecular formula is C22H31Cl2NO4. The Bertz CT molecular complexity index is 704. The SMILES string of the molecule is CCOC(=O)COc1c(Cl)cc(CNC23CC4CC(CC(C4)C2)C3)cc1OC.Cl. The third kappa shape index (κ3) is 4.95. The fraction of sp³-hybridized carbons (Fsp3) is 0.682. The summed E-state index contributed by atoms with van der Waals surface area (Å²) in [7, 11) is 1.58. The molecule has 4 fully saturated rings. The quantitative estimate of drug-likeness (QED) is 0.586. The number of nitrogens with one attached hydrogen (secondary N) is 1. The maximum Gasteiger partial charge on any atom is 0.344 e. The number of benzene rings is 1. The Labute approximate surface area is 184 Å². The molecular weight excluding hydrogens is 413 g/mol. The highest BCUT2D eigenvalue weighted by Crippen LogP contribution is 2.55. The minimum Gasteiger partial charge on any atom is -0.493 e. The Hall–Kier alpha value is -1.17. The first-order chi connectivity index (χ1) is 13.5. The van der Waals surface area contributed by atoms with Crippen molar-refractivity contribution in [1.29, 1.82) is 0 Å². The minimum absolute atomic E-state index is 0. The molecule has 4 saturated carbocycles. The first-order valence-corrected chi connectivity index (χ1v) is 10.8. The average molecular weight is 444 g/mol. The highest BCUT2D eigenvalue weighted by Gasteiger charge is 2.50. The zero-order valence-corrected chi connectivity index (χ0v) is 18.7. The summed E-state index contributed by atoms with van der Waals surface area (Å²) in [5, 5.41) is 4.33. The van der Waals surface area contributed by atoms with Crippen molar-refractivity contribution in [1.82, 2.24) is 5.32 Å². The van der Waals surface area contributed by atoms with Crippen LogP contribution in [0.2, 0.25) is 5.02 Å². The molecule has 0 saturated heterocycles. The van der Waals surface area contributed by atoms with Gasteiger partial charge in [0.25, 0.3) is 0 Å². The molecule has 0 aromatic heterocycles. The lowest BCUT2D eigenvalue weighted by molar-refractivity contribution is -0.145. The summed E-state index contributed by atoms with van der Waals surface area (Å²) in [6.45, 7) is 2.66. The monoisotopic (exact) mass is 443 g/mol. The van der Waals surface area contributed by atoms with Gasteiger partial charge in [-0.2, -0.15) is 0 Å². The fourth-order valence-electron chi connectivity index (χ4n) is 5.97. The Balaban J connectivity index is 0.00000240. The molecule has 5 rings (SSSR count). The Morgan fingerprint density at radius 1 is 1.17 bits per heavy atom. The second-order valence-corrected chi connectivity index (χ2v) is 9.16. The predicted molar refractivity (Wildman–Crippen MR) is 115 cm³/mol. The van der Waals surface area contributed by atoms with Crippen LogP contribution in [0.5, 0.6) is 11.5 Å². The largest absolute Gasteiger partial charge is 0.493 e. The molecule has 1 N–H and O–H groups in total. The van der Waals surface area contributed by atoms with Gasteiger partial charge in [-0.1, -0.05) is 11.6 Å². The number of rotatable bonds is 8. The highest BCUT2D eigenvalue weighted by atomic mass is 35.5. The van der Waals surface area contributed by atoms with Crippen molar-refractivity contribution in [2.75, 3.05) is 20.3 Å². The van der Waals surface area contributed by atoms with Crippen LogP contribution < -0.4 is 14.8 Å². The molecule has 0 unspecified atom stereocenters. The number of methoxy groups -OCH3 is 1. The van der Waals surface area contributed by atoms with Crippen LogP contribution in [0.15, 0.2) is 12.1 Å². The lowest BCUT2D eigenvalue weighted by Gasteiger charge is -2.57. The molecule has 162 valence electrons. The molecule has 0 radical (unpaired) electrons. The average Bonchev–Trinajstić information content (AvgIpc) is 2.64. The molecule has 0 heterocycles. The molecule has 4 bridgehead atoms. The van der Waals surface area contributed by atoms with E-state index < -0.39 is 5.97 Å². The van der Waals surface area contributed by atoms with Gasteiger partial charge in [-0.3, -0.25) is 0 Å². The topological polar surface area (TPSA) is 56.8 Å². The molecule has 0 amide bonds. The summed E-state index contributed by atoms with van der Waals surface area (Å²) in [4.78, 5) is 11.6. The van der Waals surface area contributed by atoms with Crippen LogP contribution in [-0.4, -0.2) is 31.8 Å². The minimum atomic E-state index is -0.423. The van der Waals surface area contributed by atoms with E-state index in [-0.39, 0.29) is 19.0 Å². The number of hydrogen-bond acceptors (Lipinski definition) is 5. The van der Waals surface area contributed by atoms with Crippen LogP contribution in [0.1, 0.15) is 51.0 Å². The van der Waals surface area contributed by atoms with E-state index in [9.17, 15) is 4.79 Å². The van der Waals surface area contributed by atoms with Gasteiger partial charge < -0.3 is 19.5 Å². The number of ether oxygens (including phenoxy) is 3. The summed E-state index contributed by atoms with van der Waals surface area (Å²) in [6, 6.07) is 3.85. The van der Waals surface area contributed by atoms with Crippen molar-refractivity contribution in [2.24, 2.45) is 17.8 Å². The van der Waals surface area contributed by atoms with Crippen LogP contribution in [0.25, 0.3) is 0 Å². The maximum absolute atomic E-state index is 11.6. The van der Waals surface area contributed by atoms with Crippen LogP contribution in [0.3, 0.4) is 0 Å². The third-order valence-corrected chi connectivity index (χ3v) is 6.92. The number of carbonyl (C=O) groups is 1. The predicted octanol–water partition coefficient (Wildman–Crippen LogP) is 4.77. The van der Waals surface area contributed by atoms with Gasteiger partial charge in [-0.05, 0) is 80.9 Å². The molecule has 7 heteroatoms. The summed E-state index contributed by atoms with van der Waals surface area (Å²) in [5.41, 5.74) is 1.37. The van der Waals surface area contributed by atoms with Crippen LogP contribution >= 0.6 is 24.0 Å². The Morgan fingerprint density at radius 2 is 1.79 bits per heavy atom. The zero-order chi connectivity index (χ0) is 19.7. The van der Waals surface area contributed by atoms with Crippen LogP contribution in [-0.2, 0) is 16.1 Å².